The first-order chi connectivity index (χ1) is 20.8. The Morgan fingerprint density at radius 2 is 1.77 bits per heavy atom. The largest absolute Gasteiger partial charge is 0.497 e. The van der Waals surface area contributed by atoms with Crippen molar-refractivity contribution in [3.63, 3.8) is 0 Å². The molecule has 2 aliphatic rings. The van der Waals surface area contributed by atoms with Crippen LogP contribution in [0.15, 0.2) is 77.3 Å². The van der Waals surface area contributed by atoms with E-state index in [1.807, 2.05) is 64.1 Å². The van der Waals surface area contributed by atoms with Gasteiger partial charge in [0.2, 0.25) is 0 Å². The van der Waals surface area contributed by atoms with Gasteiger partial charge in [-0.25, -0.2) is 0 Å². The number of carbonyl (C=O) groups excluding carboxylic acids is 1. The molecular formula is C34H33ClN4O5. The van der Waals surface area contributed by atoms with Crippen molar-refractivity contribution in [3.05, 3.63) is 115 Å². The van der Waals surface area contributed by atoms with Gasteiger partial charge in [0.15, 0.2) is 5.78 Å². The Balaban J connectivity index is 1.65. The van der Waals surface area contributed by atoms with Gasteiger partial charge in [-0.15, -0.1) is 0 Å². The molecule has 0 aromatic heterocycles. The molecule has 2 N–H and O–H groups in total. The lowest BCUT2D eigenvalue weighted by molar-refractivity contribution is -0.384. The molecule has 1 atom stereocenters. The van der Waals surface area contributed by atoms with Crippen LogP contribution in [0.4, 0.5) is 11.4 Å². The van der Waals surface area contributed by atoms with E-state index < -0.39 is 16.3 Å². The fourth-order valence-electron chi connectivity index (χ4n) is 6.10. The Kier molecular flexibility index (Phi) is 8.15. The van der Waals surface area contributed by atoms with Crippen LogP contribution in [0.1, 0.15) is 54.9 Å². The van der Waals surface area contributed by atoms with E-state index in [1.54, 1.807) is 12.0 Å². The van der Waals surface area contributed by atoms with Crippen molar-refractivity contribution in [1.29, 1.82) is 5.26 Å². The van der Waals surface area contributed by atoms with Gasteiger partial charge < -0.3 is 15.2 Å². The number of rotatable bonds is 7. The number of methoxy groups -OCH3 is 1. The summed E-state index contributed by atoms with van der Waals surface area (Å²) in [6, 6.07) is 17.7. The molecule has 3 aromatic rings. The number of halogens is 1. The number of hydrogen-bond acceptors (Lipinski definition) is 8. The number of nitro groups is 1. The molecule has 0 saturated heterocycles. The highest BCUT2D eigenvalue weighted by Gasteiger charge is 2.45. The average molecular weight is 613 g/mol. The molecule has 0 amide bonds. The third kappa shape index (κ3) is 5.61. The number of nitrogens with two attached hydrogens (primary N) is 1. The monoisotopic (exact) mass is 612 g/mol. The highest BCUT2D eigenvalue weighted by Crippen LogP contribution is 2.52. The SMILES string of the molecule is COc1ccc(OCc2cc(C3C(C#N)=C(N)N(c4ccc([N+](=O)[O-])cc4Cl)C4=C3C(=O)CC(C)(C)C4)c(C)cc2C)cc1. The maximum absolute atomic E-state index is 14.0. The Morgan fingerprint density at radius 1 is 1.09 bits per heavy atom. The highest BCUT2D eigenvalue weighted by molar-refractivity contribution is 6.33. The molecular weight excluding hydrogens is 580 g/mol. The second kappa shape index (κ2) is 11.7. The summed E-state index contributed by atoms with van der Waals surface area (Å²) in [5.41, 5.74) is 11.5. The number of ketones is 1. The molecule has 0 saturated carbocycles. The minimum absolute atomic E-state index is 0.0828. The number of benzene rings is 3. The van der Waals surface area contributed by atoms with Crippen LogP contribution in [-0.2, 0) is 11.4 Å². The molecule has 0 spiro atoms. The van der Waals surface area contributed by atoms with Crippen LogP contribution >= 0.6 is 11.6 Å². The first kappa shape index (κ1) is 30.6. The van der Waals surface area contributed by atoms with Gasteiger partial charge >= 0.3 is 0 Å². The van der Waals surface area contributed by atoms with E-state index in [0.29, 0.717) is 35.5 Å². The summed E-state index contributed by atoms with van der Waals surface area (Å²) in [5, 5.41) is 22.0. The predicted octanol–water partition coefficient (Wildman–Crippen LogP) is 7.39. The van der Waals surface area contributed by atoms with E-state index in [2.05, 4.69) is 6.07 Å². The Labute approximate surface area is 261 Å². The van der Waals surface area contributed by atoms with Gasteiger partial charge in [0.25, 0.3) is 5.69 Å². The van der Waals surface area contributed by atoms with Crippen molar-refractivity contribution in [2.75, 3.05) is 12.0 Å². The van der Waals surface area contributed by atoms with Crippen molar-refractivity contribution in [1.82, 2.24) is 0 Å². The number of ether oxygens (including phenoxy) is 2. The van der Waals surface area contributed by atoms with E-state index >= 15 is 0 Å². The molecule has 1 unspecified atom stereocenters. The fourth-order valence-corrected chi connectivity index (χ4v) is 6.36. The summed E-state index contributed by atoms with van der Waals surface area (Å²) in [6.07, 6.45) is 0.775. The molecule has 0 fully saturated rings. The molecule has 5 rings (SSSR count). The summed E-state index contributed by atoms with van der Waals surface area (Å²) in [4.78, 5) is 26.5. The van der Waals surface area contributed by atoms with Gasteiger partial charge in [0.05, 0.1) is 40.3 Å². The number of nitriles is 1. The Morgan fingerprint density at radius 3 is 2.39 bits per heavy atom. The van der Waals surface area contributed by atoms with Crippen molar-refractivity contribution in [2.24, 2.45) is 11.1 Å². The molecule has 0 bridgehead atoms. The minimum Gasteiger partial charge on any atom is -0.497 e. The number of carbonyl (C=O) groups is 1. The van der Waals surface area contributed by atoms with Crippen LogP contribution < -0.4 is 20.1 Å². The van der Waals surface area contributed by atoms with Crippen molar-refractivity contribution in [2.45, 2.75) is 53.1 Å². The fraction of sp³-hybridized carbons (Fsp3) is 0.294. The number of nitro benzene ring substituents is 1. The van der Waals surface area contributed by atoms with Gasteiger partial charge in [0, 0.05) is 29.8 Å². The summed E-state index contributed by atoms with van der Waals surface area (Å²) in [5.74, 6) is 0.753. The zero-order valence-electron chi connectivity index (χ0n) is 25.2. The molecule has 226 valence electrons. The number of aryl methyl sites for hydroxylation is 2. The third-order valence-electron chi connectivity index (χ3n) is 8.25. The van der Waals surface area contributed by atoms with E-state index in [9.17, 15) is 20.2 Å². The van der Waals surface area contributed by atoms with Crippen LogP contribution in [-0.4, -0.2) is 17.8 Å². The molecule has 1 aliphatic heterocycles. The first-order valence-electron chi connectivity index (χ1n) is 14.1. The number of anilines is 1. The van der Waals surface area contributed by atoms with Gasteiger partial charge in [-0.2, -0.15) is 5.26 Å². The molecule has 0 radical (unpaired) electrons. The maximum atomic E-state index is 14.0. The third-order valence-corrected chi connectivity index (χ3v) is 8.56. The smallest absolute Gasteiger partial charge is 0.271 e. The molecule has 1 heterocycles. The lowest BCUT2D eigenvalue weighted by Crippen LogP contribution is -2.42. The first-order valence-corrected chi connectivity index (χ1v) is 14.5. The summed E-state index contributed by atoms with van der Waals surface area (Å²) >= 11 is 6.59. The second-order valence-electron chi connectivity index (χ2n) is 12.0. The zero-order valence-corrected chi connectivity index (χ0v) is 26.0. The average Bonchev–Trinajstić information content (AvgIpc) is 2.96. The van der Waals surface area contributed by atoms with Gasteiger partial charge in [0.1, 0.15) is 23.9 Å². The normalized spacial score (nSPS) is 17.7. The number of Topliss-reactive ketones (excluding diaryl/α,β-unsaturated/α-hetero) is 1. The van der Waals surface area contributed by atoms with Crippen molar-refractivity contribution in [3.8, 4) is 17.6 Å². The standard InChI is InChI=1S/C34H33ClN4O5/c1-19-12-20(2)25(13-21(19)18-44-24-9-7-23(43-5)8-10-24)31-26(17-36)33(37)38(28-11-6-22(39(41)42)14-27(28)35)29-15-34(3,4)16-30(40)32(29)31/h6-14,31H,15-16,18,37H2,1-5H3. The van der Waals surface area contributed by atoms with E-state index in [1.165, 1.54) is 18.2 Å². The summed E-state index contributed by atoms with van der Waals surface area (Å²) in [7, 11) is 1.60. The summed E-state index contributed by atoms with van der Waals surface area (Å²) < 4.78 is 11.3. The number of hydrogen-bond donors (Lipinski definition) is 1. The predicted molar refractivity (Wildman–Crippen MR) is 168 cm³/mol. The molecule has 3 aromatic carbocycles. The number of non-ortho nitro benzene ring substituents is 1. The minimum atomic E-state index is -0.702. The van der Waals surface area contributed by atoms with Crippen LogP contribution in [0.5, 0.6) is 11.5 Å². The van der Waals surface area contributed by atoms with Crippen molar-refractivity contribution < 1.29 is 19.2 Å². The molecule has 44 heavy (non-hydrogen) atoms. The van der Waals surface area contributed by atoms with Crippen LogP contribution in [0.25, 0.3) is 0 Å². The Bertz CT molecular complexity index is 1790. The lowest BCUT2D eigenvalue weighted by atomic mass is 9.68. The lowest BCUT2D eigenvalue weighted by Gasteiger charge is -2.44. The molecule has 10 heteroatoms. The van der Waals surface area contributed by atoms with Crippen LogP contribution in [0.3, 0.4) is 0 Å². The van der Waals surface area contributed by atoms with Crippen LogP contribution in [0.2, 0.25) is 5.02 Å². The quantitative estimate of drug-likeness (QED) is 0.216. The second-order valence-corrected chi connectivity index (χ2v) is 12.4. The van der Waals surface area contributed by atoms with Crippen LogP contribution in [0, 0.1) is 40.7 Å². The van der Waals surface area contributed by atoms with Gasteiger partial charge in [-0.05, 0) is 78.3 Å². The van der Waals surface area contributed by atoms with Gasteiger partial charge in [-0.1, -0.05) is 37.6 Å². The van der Waals surface area contributed by atoms with Crippen molar-refractivity contribution >= 4 is 28.8 Å². The maximum Gasteiger partial charge on any atom is 0.271 e. The highest BCUT2D eigenvalue weighted by atomic mass is 35.5. The molecule has 1 aliphatic carbocycles. The number of nitrogens with zero attached hydrogens (tertiary/aromatic N) is 3. The zero-order chi connectivity index (χ0) is 31.9. The van der Waals surface area contributed by atoms with E-state index in [0.717, 1.165) is 28.0 Å². The van der Waals surface area contributed by atoms with E-state index in [-0.39, 0.29) is 34.5 Å². The molecule has 9 nitrogen and oxygen atoms in total. The summed E-state index contributed by atoms with van der Waals surface area (Å²) in [6.45, 7) is 8.24. The van der Waals surface area contributed by atoms with E-state index in [4.69, 9.17) is 26.8 Å². The van der Waals surface area contributed by atoms with Gasteiger partial charge in [-0.3, -0.25) is 19.8 Å². The Hall–Kier alpha value is -4.81. The topological polar surface area (TPSA) is 132 Å². The number of allylic oxidation sites excluding steroid dienone is 3.